The van der Waals surface area contributed by atoms with Crippen molar-refractivity contribution < 1.29 is 4.74 Å². The molecule has 5 nitrogen and oxygen atoms in total. The van der Waals surface area contributed by atoms with E-state index >= 15 is 0 Å². The average Bonchev–Trinajstić information content (AvgIpc) is 2.64. The summed E-state index contributed by atoms with van der Waals surface area (Å²) in [5, 5.41) is 10.6. The summed E-state index contributed by atoms with van der Waals surface area (Å²) >= 11 is -0.0946. The number of rotatable bonds is 5. The van der Waals surface area contributed by atoms with Gasteiger partial charge >= 0.3 is 153 Å². The second-order valence-electron chi connectivity index (χ2n) is 5.55. The molecule has 0 N–H and O–H groups in total. The Morgan fingerprint density at radius 3 is 2.76 bits per heavy atom. The fourth-order valence-corrected chi connectivity index (χ4v) is 3.68. The van der Waals surface area contributed by atoms with Crippen LogP contribution >= 0.6 is 0 Å². The van der Waals surface area contributed by atoms with Crippen molar-refractivity contribution in [2.75, 3.05) is 19.1 Å². The normalized spacial score (nSPS) is 10.5. The molecule has 126 valence electrons. The van der Waals surface area contributed by atoms with Crippen LogP contribution in [0.5, 0.6) is 5.75 Å². The van der Waals surface area contributed by atoms with Gasteiger partial charge < -0.3 is 0 Å². The summed E-state index contributed by atoms with van der Waals surface area (Å²) < 4.78 is 5.43. The summed E-state index contributed by atoms with van der Waals surface area (Å²) in [5.41, 5.74) is 2.98. The Hall–Kier alpha value is -2.61. The minimum atomic E-state index is -0.0946. The number of aryl methyl sites for hydroxylation is 1. The summed E-state index contributed by atoms with van der Waals surface area (Å²) in [6.07, 6.45) is 0. The van der Waals surface area contributed by atoms with Gasteiger partial charge in [0.2, 0.25) is 0 Å². The van der Waals surface area contributed by atoms with Gasteiger partial charge in [0.05, 0.1) is 0 Å². The predicted octanol–water partition coefficient (Wildman–Crippen LogP) is 3.40. The Balaban J connectivity index is 2.07. The molecule has 0 spiro atoms. The molecule has 0 amide bonds. The zero-order valence-corrected chi connectivity index (χ0v) is 16.1. The molecular weight excluding hydrogens is 379 g/mol. The van der Waals surface area contributed by atoms with Crippen molar-refractivity contribution in [3.63, 3.8) is 0 Å². The zero-order valence-electron chi connectivity index (χ0n) is 14.4. The molecule has 0 aliphatic heterocycles. The first-order valence-electron chi connectivity index (χ1n) is 7.79. The van der Waals surface area contributed by atoms with Crippen LogP contribution in [-0.4, -0.2) is 39.1 Å². The van der Waals surface area contributed by atoms with Crippen molar-refractivity contribution in [1.29, 1.82) is 5.26 Å². The van der Waals surface area contributed by atoms with E-state index in [9.17, 15) is 0 Å². The molecule has 0 saturated carbocycles. The number of para-hydroxylation sites is 1. The topological polar surface area (TPSA) is 62.0 Å². The fraction of sp³-hybridized carbons (Fsp3) is 0.211. The van der Waals surface area contributed by atoms with Gasteiger partial charge in [0.1, 0.15) is 0 Å². The monoisotopic (exact) mass is 398 g/mol. The van der Waals surface area contributed by atoms with Crippen LogP contribution in [0, 0.1) is 17.2 Å². The number of nitriles is 1. The molecule has 0 bridgehead atoms. The van der Waals surface area contributed by atoms with Crippen molar-refractivity contribution in [3.05, 3.63) is 53.9 Å². The molecule has 0 fully saturated rings. The maximum absolute atomic E-state index is 8.91. The molecule has 2 aromatic carbocycles. The summed E-state index contributed by atoms with van der Waals surface area (Å²) in [4.78, 5) is 13.5. The standard InChI is InChI=1S/C19H18N4OSe/c1-13-21-17-7-5-4-6-16(17)19(22-13)23(2)15-8-9-18(24-3)14(10-15)11-25-12-20/h4-10H,11H2,1-3H3. The summed E-state index contributed by atoms with van der Waals surface area (Å²) in [6, 6.07) is 14.0. The van der Waals surface area contributed by atoms with Crippen molar-refractivity contribution >= 4 is 37.4 Å². The molecule has 0 aliphatic rings. The number of aromatic nitrogens is 2. The average molecular weight is 397 g/mol. The van der Waals surface area contributed by atoms with Crippen LogP contribution in [0.4, 0.5) is 11.5 Å². The summed E-state index contributed by atoms with van der Waals surface area (Å²) in [7, 11) is 3.65. The Bertz CT molecular complexity index is 952. The molecule has 3 rings (SSSR count). The summed E-state index contributed by atoms with van der Waals surface area (Å²) in [5.74, 6) is 2.42. The maximum atomic E-state index is 8.91. The molecule has 25 heavy (non-hydrogen) atoms. The molecule has 0 unspecified atom stereocenters. The van der Waals surface area contributed by atoms with Gasteiger partial charge in [-0.3, -0.25) is 0 Å². The van der Waals surface area contributed by atoms with E-state index in [0.717, 1.165) is 44.9 Å². The third-order valence-electron chi connectivity index (χ3n) is 3.96. The quantitative estimate of drug-likeness (QED) is 0.618. The van der Waals surface area contributed by atoms with E-state index in [1.54, 1.807) is 7.11 Å². The Kier molecular flexibility index (Phi) is 5.18. The number of benzene rings is 2. The number of hydrogen-bond acceptors (Lipinski definition) is 5. The molecule has 1 aromatic heterocycles. The van der Waals surface area contributed by atoms with Crippen LogP contribution in [0.1, 0.15) is 11.4 Å². The van der Waals surface area contributed by atoms with E-state index in [4.69, 9.17) is 10.00 Å². The first-order valence-corrected chi connectivity index (χ1v) is 9.85. The van der Waals surface area contributed by atoms with Crippen LogP contribution < -0.4 is 9.64 Å². The molecule has 0 saturated heterocycles. The van der Waals surface area contributed by atoms with Gasteiger partial charge in [-0.25, -0.2) is 0 Å². The molecule has 0 aliphatic carbocycles. The van der Waals surface area contributed by atoms with Crippen LogP contribution in [-0.2, 0) is 5.32 Å². The SMILES string of the molecule is COc1ccc(N(C)c2nc(C)nc3ccccc23)cc1C[Se]C#N. The van der Waals surface area contributed by atoms with E-state index in [2.05, 4.69) is 25.9 Å². The molecule has 0 atom stereocenters. The number of fused-ring (bicyclic) bond motifs is 1. The van der Waals surface area contributed by atoms with Gasteiger partial charge in [0.15, 0.2) is 0 Å². The van der Waals surface area contributed by atoms with E-state index in [1.165, 1.54) is 0 Å². The van der Waals surface area contributed by atoms with Crippen LogP contribution in [0.15, 0.2) is 42.5 Å². The summed E-state index contributed by atoms with van der Waals surface area (Å²) in [6.45, 7) is 1.90. The Labute approximate surface area is 153 Å². The van der Waals surface area contributed by atoms with Gasteiger partial charge in [-0.2, -0.15) is 0 Å². The number of nitrogens with zero attached hydrogens (tertiary/aromatic N) is 4. The van der Waals surface area contributed by atoms with Crippen molar-refractivity contribution in [2.24, 2.45) is 0 Å². The first kappa shape index (κ1) is 17.2. The Morgan fingerprint density at radius 2 is 2.00 bits per heavy atom. The van der Waals surface area contributed by atoms with Crippen molar-refractivity contribution in [1.82, 2.24) is 9.97 Å². The second-order valence-corrected chi connectivity index (χ2v) is 7.14. The van der Waals surface area contributed by atoms with Crippen LogP contribution in [0.2, 0.25) is 0 Å². The van der Waals surface area contributed by atoms with E-state index < -0.39 is 0 Å². The first-order chi connectivity index (χ1) is 12.1. The van der Waals surface area contributed by atoms with Crippen molar-refractivity contribution in [2.45, 2.75) is 12.2 Å². The van der Waals surface area contributed by atoms with Gasteiger partial charge in [-0.1, -0.05) is 0 Å². The third-order valence-corrected chi connectivity index (χ3v) is 5.18. The molecular formula is C19H18N4OSe. The molecule has 6 heteroatoms. The van der Waals surface area contributed by atoms with Gasteiger partial charge in [-0.15, -0.1) is 0 Å². The zero-order chi connectivity index (χ0) is 17.8. The molecule has 1 heterocycles. The van der Waals surface area contributed by atoms with Crippen LogP contribution in [0.25, 0.3) is 10.9 Å². The predicted molar refractivity (Wildman–Crippen MR) is 100 cm³/mol. The minimum absolute atomic E-state index is 0.0946. The number of anilines is 2. The fourth-order valence-electron chi connectivity index (χ4n) is 2.75. The molecule has 0 radical (unpaired) electrons. The van der Waals surface area contributed by atoms with E-state index in [0.29, 0.717) is 0 Å². The van der Waals surface area contributed by atoms with Gasteiger partial charge in [-0.05, 0) is 0 Å². The van der Waals surface area contributed by atoms with Crippen molar-refractivity contribution in [3.8, 4) is 10.7 Å². The van der Waals surface area contributed by atoms with Gasteiger partial charge in [0.25, 0.3) is 0 Å². The Morgan fingerprint density at radius 1 is 1.20 bits per heavy atom. The van der Waals surface area contributed by atoms with E-state index in [-0.39, 0.29) is 15.0 Å². The number of ether oxygens (including phenoxy) is 1. The van der Waals surface area contributed by atoms with Crippen LogP contribution in [0.3, 0.4) is 0 Å². The number of methoxy groups -OCH3 is 1. The molecule has 3 aromatic rings. The van der Waals surface area contributed by atoms with Gasteiger partial charge in [0, 0.05) is 0 Å². The number of hydrogen-bond donors (Lipinski definition) is 0. The second kappa shape index (κ2) is 7.52. The van der Waals surface area contributed by atoms with E-state index in [1.807, 2.05) is 50.4 Å². The third kappa shape index (κ3) is 3.58.